The molecule has 0 fully saturated rings. The van der Waals surface area contributed by atoms with E-state index in [1.165, 1.54) is 18.3 Å². The highest BCUT2D eigenvalue weighted by Gasteiger charge is 2.29. The number of rotatable bonds is 3. The van der Waals surface area contributed by atoms with Crippen LogP contribution in [0.25, 0.3) is 0 Å². The number of alkyl halides is 3. The molecule has 2 rings (SSSR count). The number of hydrogen-bond donors (Lipinski definition) is 0. The van der Waals surface area contributed by atoms with Crippen LogP contribution in [0.15, 0.2) is 54.6 Å². The summed E-state index contributed by atoms with van der Waals surface area (Å²) in [6.07, 6.45) is -3.08. The van der Waals surface area contributed by atoms with Crippen molar-refractivity contribution < 1.29 is 17.9 Å². The van der Waals surface area contributed by atoms with Gasteiger partial charge in [-0.2, -0.15) is 13.2 Å². The van der Waals surface area contributed by atoms with Gasteiger partial charge in [-0.25, -0.2) is 4.74 Å². The first kappa shape index (κ1) is 15.1. The lowest BCUT2D eigenvalue weighted by atomic mass is 10.1. The van der Waals surface area contributed by atoms with E-state index in [1.807, 2.05) is 30.3 Å². The molecule has 1 atom stereocenters. The van der Waals surface area contributed by atoms with Crippen LogP contribution >= 0.6 is 0 Å². The van der Waals surface area contributed by atoms with Gasteiger partial charge in [-0.05, 0) is 24.3 Å². The van der Waals surface area contributed by atoms with Crippen molar-refractivity contribution in [2.24, 2.45) is 0 Å². The van der Waals surface area contributed by atoms with Gasteiger partial charge in [0.05, 0.1) is 5.56 Å². The first-order chi connectivity index (χ1) is 9.88. The summed E-state index contributed by atoms with van der Waals surface area (Å²) in [5, 5.41) is 12.0. The minimum absolute atomic E-state index is 0.409. The molecule has 0 heterocycles. The molecule has 0 aromatic heterocycles. The van der Waals surface area contributed by atoms with Gasteiger partial charge in [0.25, 0.3) is 0 Å². The highest BCUT2D eigenvalue weighted by molar-refractivity contribution is 5.75. The first-order valence-corrected chi connectivity index (χ1v) is 6.40. The summed E-state index contributed by atoms with van der Waals surface area (Å²) in [6.45, 7) is 1.74. The van der Waals surface area contributed by atoms with Gasteiger partial charge in [-0.15, -0.1) is 0 Å². The third-order valence-electron chi connectivity index (χ3n) is 3.18. The highest BCUT2D eigenvalue weighted by Crippen LogP contribution is 2.28. The fourth-order valence-corrected chi connectivity index (χ4v) is 1.90. The molecule has 0 aliphatic rings. The van der Waals surface area contributed by atoms with Gasteiger partial charge in [0.15, 0.2) is 12.3 Å². The fourth-order valence-electron chi connectivity index (χ4n) is 1.90. The lowest BCUT2D eigenvalue weighted by molar-refractivity contribution is -0.498. The number of nitrogens with zero attached hydrogens (tertiary/aromatic N) is 1. The van der Waals surface area contributed by atoms with Gasteiger partial charge in [0.2, 0.25) is 0 Å². The van der Waals surface area contributed by atoms with Crippen molar-refractivity contribution >= 4 is 6.21 Å². The Morgan fingerprint density at radius 3 is 2.10 bits per heavy atom. The Balaban J connectivity index is 2.19. The Hall–Kier alpha value is -2.30. The van der Waals surface area contributed by atoms with E-state index in [-0.39, 0.29) is 0 Å². The van der Waals surface area contributed by atoms with Gasteiger partial charge in [0.1, 0.15) is 0 Å². The number of halogens is 3. The average Bonchev–Trinajstić information content (AvgIpc) is 2.47. The fraction of sp³-hybridized carbons (Fsp3) is 0.188. The third kappa shape index (κ3) is 3.84. The molecule has 2 aromatic rings. The van der Waals surface area contributed by atoms with Crippen LogP contribution in [0.4, 0.5) is 13.2 Å². The van der Waals surface area contributed by atoms with E-state index in [2.05, 4.69) is 0 Å². The SMILES string of the molecule is CC(c1ccccc1)[N+]([O-])=Cc1ccc(C(F)(F)F)cc1. The minimum atomic E-state index is -4.37. The molecule has 0 N–H and O–H groups in total. The van der Waals surface area contributed by atoms with Crippen LogP contribution in [-0.2, 0) is 6.18 Å². The quantitative estimate of drug-likeness (QED) is 0.356. The summed E-state index contributed by atoms with van der Waals surface area (Å²) in [5.74, 6) is 0. The standard InChI is InChI=1S/C16H14F3NO/c1-12(14-5-3-2-4-6-14)20(21)11-13-7-9-15(10-8-13)16(17,18)19/h2-12H,1H3. The molecule has 2 aromatic carbocycles. The molecule has 1 unspecified atom stereocenters. The molecule has 0 saturated heterocycles. The molecule has 21 heavy (non-hydrogen) atoms. The largest absolute Gasteiger partial charge is 0.623 e. The van der Waals surface area contributed by atoms with E-state index in [0.29, 0.717) is 5.56 Å². The Kier molecular flexibility index (Phi) is 4.31. The Morgan fingerprint density at radius 1 is 1.00 bits per heavy atom. The molecule has 0 amide bonds. The van der Waals surface area contributed by atoms with Crippen molar-refractivity contribution in [3.05, 3.63) is 76.5 Å². The van der Waals surface area contributed by atoms with E-state index in [0.717, 1.165) is 22.4 Å². The second-order valence-corrected chi connectivity index (χ2v) is 4.70. The van der Waals surface area contributed by atoms with Gasteiger partial charge in [-0.1, -0.05) is 30.3 Å². The lowest BCUT2D eigenvalue weighted by Crippen LogP contribution is -2.12. The average molecular weight is 293 g/mol. The van der Waals surface area contributed by atoms with Crippen molar-refractivity contribution in [1.29, 1.82) is 0 Å². The van der Waals surface area contributed by atoms with Crippen molar-refractivity contribution in [1.82, 2.24) is 0 Å². The maximum absolute atomic E-state index is 12.4. The molecule has 110 valence electrons. The number of hydrogen-bond acceptors (Lipinski definition) is 1. The maximum Gasteiger partial charge on any atom is 0.416 e. The molecule has 0 saturated carbocycles. The van der Waals surface area contributed by atoms with Crippen LogP contribution in [-0.4, -0.2) is 11.0 Å². The van der Waals surface area contributed by atoms with Gasteiger partial charge >= 0.3 is 6.18 Å². The molecular weight excluding hydrogens is 279 g/mol. The summed E-state index contributed by atoms with van der Waals surface area (Å²) in [5.41, 5.74) is 0.546. The predicted octanol–water partition coefficient (Wildman–Crippen LogP) is 4.40. The number of hydroxylamine groups is 1. The van der Waals surface area contributed by atoms with E-state index < -0.39 is 17.8 Å². The molecule has 0 radical (unpaired) electrons. The van der Waals surface area contributed by atoms with Crippen LogP contribution in [0.2, 0.25) is 0 Å². The molecule has 0 aliphatic carbocycles. The molecule has 2 nitrogen and oxygen atoms in total. The minimum Gasteiger partial charge on any atom is -0.623 e. The zero-order valence-corrected chi connectivity index (χ0v) is 11.3. The molecular formula is C16H14F3NO. The molecule has 0 spiro atoms. The zero-order chi connectivity index (χ0) is 15.5. The van der Waals surface area contributed by atoms with E-state index >= 15 is 0 Å². The third-order valence-corrected chi connectivity index (χ3v) is 3.18. The van der Waals surface area contributed by atoms with Crippen LogP contribution in [0.5, 0.6) is 0 Å². The Morgan fingerprint density at radius 2 is 1.57 bits per heavy atom. The van der Waals surface area contributed by atoms with E-state index in [4.69, 9.17) is 0 Å². The monoisotopic (exact) mass is 293 g/mol. The zero-order valence-electron chi connectivity index (χ0n) is 11.3. The summed E-state index contributed by atoms with van der Waals surface area (Å²) in [6, 6.07) is 13.3. The van der Waals surface area contributed by atoms with Gasteiger partial charge in [0, 0.05) is 18.1 Å². The smallest absolute Gasteiger partial charge is 0.416 e. The highest BCUT2D eigenvalue weighted by atomic mass is 19.4. The lowest BCUT2D eigenvalue weighted by Gasteiger charge is -2.13. The van der Waals surface area contributed by atoms with E-state index in [9.17, 15) is 18.4 Å². The molecule has 5 heteroatoms. The van der Waals surface area contributed by atoms with Crippen molar-refractivity contribution in [3.8, 4) is 0 Å². The second-order valence-electron chi connectivity index (χ2n) is 4.70. The summed E-state index contributed by atoms with van der Waals surface area (Å²) in [4.78, 5) is 0. The van der Waals surface area contributed by atoms with Crippen molar-refractivity contribution in [2.75, 3.05) is 0 Å². The topological polar surface area (TPSA) is 26.1 Å². The maximum atomic E-state index is 12.4. The second kappa shape index (κ2) is 5.99. The Labute approximate surface area is 120 Å². The van der Waals surface area contributed by atoms with Gasteiger partial charge in [-0.3, -0.25) is 0 Å². The normalized spacial score (nSPS) is 14.0. The number of benzene rings is 2. The van der Waals surface area contributed by atoms with Crippen LogP contribution < -0.4 is 0 Å². The predicted molar refractivity (Wildman–Crippen MR) is 75.1 cm³/mol. The van der Waals surface area contributed by atoms with Gasteiger partial charge < -0.3 is 5.21 Å². The molecule has 0 aliphatic heterocycles. The van der Waals surface area contributed by atoms with Crippen molar-refractivity contribution in [3.63, 3.8) is 0 Å². The molecule has 0 bridgehead atoms. The first-order valence-electron chi connectivity index (χ1n) is 6.40. The Bertz CT molecular complexity index is 618. The summed E-state index contributed by atoms with van der Waals surface area (Å²) >= 11 is 0. The van der Waals surface area contributed by atoms with Crippen LogP contribution in [0, 0.1) is 5.21 Å². The van der Waals surface area contributed by atoms with Crippen LogP contribution in [0.3, 0.4) is 0 Å². The summed E-state index contributed by atoms with van der Waals surface area (Å²) < 4.78 is 38.1. The summed E-state index contributed by atoms with van der Waals surface area (Å²) in [7, 11) is 0. The van der Waals surface area contributed by atoms with E-state index in [1.54, 1.807) is 6.92 Å². The van der Waals surface area contributed by atoms with Crippen molar-refractivity contribution in [2.45, 2.75) is 19.1 Å². The van der Waals surface area contributed by atoms with Crippen LogP contribution in [0.1, 0.15) is 29.7 Å².